The van der Waals surface area contributed by atoms with Gasteiger partial charge in [0, 0.05) is 12.1 Å². The highest BCUT2D eigenvalue weighted by molar-refractivity contribution is 6.06. The van der Waals surface area contributed by atoms with Gasteiger partial charge in [0.1, 0.15) is 45.8 Å². The van der Waals surface area contributed by atoms with E-state index < -0.39 is 112 Å². The van der Waals surface area contributed by atoms with Crippen LogP contribution in [0.3, 0.4) is 0 Å². The lowest BCUT2D eigenvalue weighted by Crippen LogP contribution is -2.20. The first-order chi connectivity index (χ1) is 35.8. The van der Waals surface area contributed by atoms with Crippen molar-refractivity contribution in [2.45, 2.75) is 25.1 Å². The van der Waals surface area contributed by atoms with E-state index in [0.717, 1.165) is 57.7 Å². The average molecular weight is 1110 g/mol. The fourth-order valence-electron chi connectivity index (χ4n) is 5.80. The Morgan fingerprint density at radius 3 is 1.31 bits per heavy atom. The van der Waals surface area contributed by atoms with Crippen molar-refractivity contribution in [2.75, 3.05) is 39.5 Å². The SMILES string of the molecule is COC(=O)c1cccc(N)n1.COC(=O)c1cccc(NC(=O)c2c(Oc3ccc(OC(F)(F)F)cc3OC)ccc(C(F)(F)F)c2F)n1.COc1cc(OC(F)(F)F)ccc1Oc1ccc(C(F)(F)F)c(F)c1C(=O)O. The highest BCUT2D eigenvalue weighted by Crippen LogP contribution is 2.43. The third-order valence-electron chi connectivity index (χ3n) is 8.99. The molecule has 6 rings (SSSR count). The van der Waals surface area contributed by atoms with Gasteiger partial charge in [0.15, 0.2) is 46.0 Å². The Kier molecular flexibility index (Phi) is 19.4. The second-order valence-corrected chi connectivity index (χ2v) is 14.1. The van der Waals surface area contributed by atoms with Crippen LogP contribution in [0.1, 0.15) is 52.8 Å². The monoisotopic (exact) mass is 1110 g/mol. The van der Waals surface area contributed by atoms with Crippen LogP contribution < -0.4 is 39.5 Å². The number of nitrogen functional groups attached to an aromatic ring is 1. The van der Waals surface area contributed by atoms with Crippen LogP contribution in [0.5, 0.6) is 46.0 Å². The Morgan fingerprint density at radius 2 is 0.922 bits per heavy atom. The van der Waals surface area contributed by atoms with Crippen molar-refractivity contribution in [3.63, 3.8) is 0 Å². The van der Waals surface area contributed by atoms with Gasteiger partial charge < -0.3 is 54.1 Å². The molecule has 4 aromatic carbocycles. The standard InChI is InChI=1S/C23H15F7N2O6.C16H9F7O5.C7H8N2O2/c1-35-16-10-11(38-23(28,29)30)6-8-14(16)37-15-9-7-12(22(25,26)27)19(24)18(15)20(33)32-17-5-3-4-13(31-17)21(34)36-2;1-26-11-6-7(28-16(21,22)23)2-4-9(11)27-10-5-3-8(15(18,19)20)13(17)12(10)14(24)25;1-11-7(10)5-3-2-4-6(8)9-5/h3-10H,1-2H3,(H,31,32,33);2-6H,1H3,(H,24,25);2-4H,1H3,(H2,8,9). The summed E-state index contributed by atoms with van der Waals surface area (Å²) in [5.41, 5.74) is -0.955. The lowest BCUT2D eigenvalue weighted by Gasteiger charge is -2.17. The number of alkyl halides is 12. The predicted octanol–water partition coefficient (Wildman–Crippen LogP) is 11.7. The number of carbonyl (C=O) groups excluding carboxylic acids is 3. The third-order valence-corrected chi connectivity index (χ3v) is 8.99. The van der Waals surface area contributed by atoms with Crippen molar-refractivity contribution in [1.29, 1.82) is 0 Å². The molecular formula is C46H32F14N4O13. The molecule has 0 fully saturated rings. The molecule has 31 heteroatoms. The normalized spacial score (nSPS) is 11.3. The van der Waals surface area contributed by atoms with Gasteiger partial charge in [-0.2, -0.15) is 26.3 Å². The number of esters is 2. The number of aromatic nitrogens is 2. The highest BCUT2D eigenvalue weighted by Gasteiger charge is 2.39. The summed E-state index contributed by atoms with van der Waals surface area (Å²) in [6.07, 6.45) is -20.4. The number of rotatable bonds is 13. The van der Waals surface area contributed by atoms with E-state index in [1.807, 2.05) is 0 Å². The zero-order valence-electron chi connectivity index (χ0n) is 38.8. The first-order valence-electron chi connectivity index (χ1n) is 20.2. The molecule has 0 aliphatic carbocycles. The van der Waals surface area contributed by atoms with Gasteiger partial charge in [-0.05, 0) is 72.8 Å². The molecule has 0 radical (unpaired) electrons. The van der Waals surface area contributed by atoms with Gasteiger partial charge in [-0.25, -0.2) is 33.1 Å². The van der Waals surface area contributed by atoms with E-state index in [-0.39, 0.29) is 40.5 Å². The average Bonchev–Trinajstić information content (AvgIpc) is 3.33. The van der Waals surface area contributed by atoms with E-state index >= 15 is 4.39 Å². The van der Waals surface area contributed by atoms with Crippen LogP contribution in [-0.2, 0) is 21.8 Å². The molecule has 0 saturated carbocycles. The molecule has 6 aromatic rings. The number of hydrogen-bond acceptors (Lipinski definition) is 15. The molecule has 17 nitrogen and oxygen atoms in total. The van der Waals surface area contributed by atoms with Crippen LogP contribution in [0.15, 0.2) is 97.1 Å². The summed E-state index contributed by atoms with van der Waals surface area (Å²) in [6.45, 7) is 0. The maximum atomic E-state index is 15.0. The second-order valence-electron chi connectivity index (χ2n) is 14.1. The summed E-state index contributed by atoms with van der Waals surface area (Å²) >= 11 is 0. The first-order valence-corrected chi connectivity index (χ1v) is 20.2. The smallest absolute Gasteiger partial charge is 0.493 e. The number of nitrogens with two attached hydrogens (primary N) is 1. The van der Waals surface area contributed by atoms with E-state index in [9.17, 15) is 76.3 Å². The van der Waals surface area contributed by atoms with Crippen LogP contribution in [0, 0.1) is 11.6 Å². The number of anilines is 2. The summed E-state index contributed by atoms with van der Waals surface area (Å²) in [4.78, 5) is 54.1. The summed E-state index contributed by atoms with van der Waals surface area (Å²) in [6, 6.07) is 15.1. The molecule has 2 heterocycles. The zero-order valence-corrected chi connectivity index (χ0v) is 38.8. The number of halogens is 14. The van der Waals surface area contributed by atoms with Gasteiger partial charge in [0.05, 0.1) is 39.6 Å². The molecule has 412 valence electrons. The molecule has 2 aromatic heterocycles. The number of aromatic carboxylic acids is 1. The minimum Gasteiger partial charge on any atom is -0.493 e. The Balaban J connectivity index is 0.000000285. The minimum atomic E-state index is -5.20. The Labute approximate surface area is 421 Å². The quantitative estimate of drug-likeness (QED) is 0.0722. The number of ether oxygens (including phenoxy) is 8. The summed E-state index contributed by atoms with van der Waals surface area (Å²) in [5, 5.41) is 11.1. The van der Waals surface area contributed by atoms with Gasteiger partial charge >= 0.3 is 43.0 Å². The van der Waals surface area contributed by atoms with E-state index in [0.29, 0.717) is 24.0 Å². The maximum absolute atomic E-state index is 15.0. The predicted molar refractivity (Wildman–Crippen MR) is 233 cm³/mol. The molecule has 0 aliphatic rings. The number of amides is 1. The topological polar surface area (TPSA) is 226 Å². The molecular weight excluding hydrogens is 1080 g/mol. The number of carboxylic acids is 1. The maximum Gasteiger partial charge on any atom is 0.573 e. The van der Waals surface area contributed by atoms with E-state index in [1.54, 1.807) is 18.2 Å². The Bertz CT molecular complexity index is 3120. The zero-order chi connectivity index (χ0) is 57.8. The van der Waals surface area contributed by atoms with Crippen molar-refractivity contribution < 1.29 is 124 Å². The van der Waals surface area contributed by atoms with Crippen molar-refractivity contribution in [1.82, 2.24) is 9.97 Å². The molecule has 4 N–H and O–H groups in total. The van der Waals surface area contributed by atoms with Crippen LogP contribution in [0.4, 0.5) is 73.1 Å². The van der Waals surface area contributed by atoms with Crippen molar-refractivity contribution in [3.8, 4) is 46.0 Å². The molecule has 0 bridgehead atoms. The number of nitrogens with one attached hydrogen (secondary N) is 1. The van der Waals surface area contributed by atoms with Gasteiger partial charge in [-0.15, -0.1) is 26.3 Å². The van der Waals surface area contributed by atoms with Gasteiger partial charge in [0.2, 0.25) is 0 Å². The number of carboxylic acid groups (broad SMARTS) is 1. The van der Waals surface area contributed by atoms with Crippen molar-refractivity contribution in [3.05, 3.63) is 142 Å². The van der Waals surface area contributed by atoms with Crippen LogP contribution in [0.25, 0.3) is 0 Å². The lowest BCUT2D eigenvalue weighted by molar-refractivity contribution is -0.275. The molecule has 0 aliphatic heterocycles. The van der Waals surface area contributed by atoms with Crippen LogP contribution in [-0.4, -0.2) is 80.1 Å². The van der Waals surface area contributed by atoms with E-state index in [2.05, 4.69) is 34.2 Å². The summed E-state index contributed by atoms with van der Waals surface area (Å²) < 4.78 is 218. The van der Waals surface area contributed by atoms with Crippen LogP contribution >= 0.6 is 0 Å². The molecule has 1 amide bonds. The molecule has 0 saturated heterocycles. The number of hydrogen-bond donors (Lipinski definition) is 3. The van der Waals surface area contributed by atoms with E-state index in [1.165, 1.54) is 25.3 Å². The van der Waals surface area contributed by atoms with Crippen LogP contribution in [0.2, 0.25) is 0 Å². The molecule has 0 atom stereocenters. The minimum absolute atomic E-state index is 0.229. The number of carbonyl (C=O) groups is 4. The Hall–Kier alpha value is -9.32. The van der Waals surface area contributed by atoms with Gasteiger partial charge in [-0.3, -0.25) is 4.79 Å². The first kappa shape index (κ1) is 60.2. The van der Waals surface area contributed by atoms with E-state index in [4.69, 9.17) is 29.8 Å². The fourth-order valence-corrected chi connectivity index (χ4v) is 5.80. The molecule has 0 unspecified atom stereocenters. The van der Waals surface area contributed by atoms with Gasteiger partial charge in [0.25, 0.3) is 5.91 Å². The molecule has 0 spiro atoms. The summed E-state index contributed by atoms with van der Waals surface area (Å²) in [5.74, 6) is -13.5. The number of methoxy groups -OCH3 is 4. The lowest BCUT2D eigenvalue weighted by atomic mass is 10.1. The Morgan fingerprint density at radius 1 is 0.519 bits per heavy atom. The fraction of sp³-hybridized carbons (Fsp3) is 0.174. The number of nitrogens with zero attached hydrogens (tertiary/aromatic N) is 2. The van der Waals surface area contributed by atoms with Gasteiger partial charge in [-0.1, -0.05) is 12.1 Å². The molecule has 77 heavy (non-hydrogen) atoms. The number of benzene rings is 4. The largest absolute Gasteiger partial charge is 0.573 e. The second kappa shape index (κ2) is 24.8. The highest BCUT2D eigenvalue weighted by atomic mass is 19.4. The summed E-state index contributed by atoms with van der Waals surface area (Å²) in [7, 11) is 4.44. The van der Waals surface area contributed by atoms with Crippen molar-refractivity contribution >= 4 is 35.5 Å². The third kappa shape index (κ3) is 16.8. The number of pyridine rings is 2. The van der Waals surface area contributed by atoms with Crippen molar-refractivity contribution in [2.24, 2.45) is 0 Å².